The van der Waals surface area contributed by atoms with Crippen molar-refractivity contribution in [1.82, 2.24) is 19.6 Å². The fraction of sp³-hybridized carbons (Fsp3) is 0.333. The molecule has 7 nitrogen and oxygen atoms in total. The number of hydrogen-bond acceptors (Lipinski definition) is 5. The summed E-state index contributed by atoms with van der Waals surface area (Å²) in [5.41, 5.74) is 0.965. The standard InChI is InChI=1S/C18H17F3N6O/c1-11-16(17(28)24-13-6-2-3-9-22-13)27-14(23-11)7-8-15(25-27)26-10-4-5-12(26)18(19,20)21/h2-3,6-9,12H,4-5,10H2,1H3,(H,22,24,28)/t12-/m0/s1. The minimum Gasteiger partial charge on any atom is -0.343 e. The summed E-state index contributed by atoms with van der Waals surface area (Å²) in [4.78, 5) is 22.3. The fourth-order valence-corrected chi connectivity index (χ4v) is 3.44. The number of hydrogen-bond donors (Lipinski definition) is 1. The average molecular weight is 390 g/mol. The molecule has 3 aromatic rings. The molecule has 4 heterocycles. The Hall–Kier alpha value is -3.17. The Bertz CT molecular complexity index is 1020. The number of nitrogens with zero attached hydrogens (tertiary/aromatic N) is 5. The van der Waals surface area contributed by atoms with Crippen LogP contribution in [0.5, 0.6) is 0 Å². The Labute approximate surface area is 158 Å². The van der Waals surface area contributed by atoms with Crippen molar-refractivity contribution in [2.75, 3.05) is 16.8 Å². The van der Waals surface area contributed by atoms with E-state index in [1.807, 2.05) is 0 Å². The molecule has 0 aromatic carbocycles. The first-order chi connectivity index (χ1) is 13.3. The molecule has 1 fully saturated rings. The number of carbonyl (C=O) groups is 1. The number of imidazole rings is 1. The molecule has 0 saturated carbocycles. The van der Waals surface area contributed by atoms with Gasteiger partial charge >= 0.3 is 6.18 Å². The van der Waals surface area contributed by atoms with Gasteiger partial charge in [0.1, 0.15) is 17.7 Å². The summed E-state index contributed by atoms with van der Waals surface area (Å²) >= 11 is 0. The smallest absolute Gasteiger partial charge is 0.343 e. The average Bonchev–Trinajstić information content (AvgIpc) is 3.25. The van der Waals surface area contributed by atoms with Crippen LogP contribution in [0.1, 0.15) is 29.0 Å². The lowest BCUT2D eigenvalue weighted by molar-refractivity contribution is -0.146. The molecule has 0 aliphatic carbocycles. The summed E-state index contributed by atoms with van der Waals surface area (Å²) < 4.78 is 41.2. The molecule has 1 aliphatic rings. The van der Waals surface area contributed by atoms with Gasteiger partial charge in [-0.25, -0.2) is 14.5 Å². The van der Waals surface area contributed by atoms with Gasteiger partial charge in [-0.1, -0.05) is 6.07 Å². The number of pyridine rings is 1. The van der Waals surface area contributed by atoms with Crippen molar-refractivity contribution in [3.8, 4) is 0 Å². The number of nitrogens with one attached hydrogen (secondary N) is 1. The Morgan fingerprint density at radius 3 is 2.79 bits per heavy atom. The molecule has 1 atom stereocenters. The van der Waals surface area contributed by atoms with Crippen molar-refractivity contribution in [3.63, 3.8) is 0 Å². The first-order valence-electron chi connectivity index (χ1n) is 8.77. The Balaban J connectivity index is 1.71. The number of anilines is 2. The molecule has 3 aromatic heterocycles. The predicted octanol–water partition coefficient (Wildman–Crippen LogP) is 3.22. The van der Waals surface area contributed by atoms with Gasteiger partial charge in [0.25, 0.3) is 5.91 Å². The quantitative estimate of drug-likeness (QED) is 0.743. The van der Waals surface area contributed by atoms with Crippen LogP contribution in [0.2, 0.25) is 0 Å². The molecule has 4 rings (SSSR count). The van der Waals surface area contributed by atoms with Crippen molar-refractivity contribution in [1.29, 1.82) is 0 Å². The zero-order chi connectivity index (χ0) is 19.9. The highest BCUT2D eigenvalue weighted by atomic mass is 19.4. The Morgan fingerprint density at radius 1 is 1.25 bits per heavy atom. The highest BCUT2D eigenvalue weighted by Crippen LogP contribution is 2.35. The number of aryl methyl sites for hydroxylation is 1. The van der Waals surface area contributed by atoms with Crippen molar-refractivity contribution < 1.29 is 18.0 Å². The number of amides is 1. The lowest BCUT2D eigenvalue weighted by Gasteiger charge is -2.27. The number of halogens is 3. The summed E-state index contributed by atoms with van der Waals surface area (Å²) in [7, 11) is 0. The SMILES string of the molecule is Cc1nc2ccc(N3CCC[C@H]3C(F)(F)F)nn2c1C(=O)Nc1ccccn1. The monoisotopic (exact) mass is 390 g/mol. The van der Waals surface area contributed by atoms with E-state index < -0.39 is 18.1 Å². The second-order valence-corrected chi connectivity index (χ2v) is 6.57. The molecule has 1 N–H and O–H groups in total. The molecular weight excluding hydrogens is 373 g/mol. The van der Waals surface area contributed by atoms with Crippen LogP contribution < -0.4 is 10.2 Å². The van der Waals surface area contributed by atoms with Gasteiger partial charge in [-0.15, -0.1) is 5.10 Å². The molecule has 1 aliphatic heterocycles. The molecule has 0 radical (unpaired) electrons. The maximum atomic E-state index is 13.3. The van der Waals surface area contributed by atoms with E-state index in [1.165, 1.54) is 21.7 Å². The summed E-state index contributed by atoms with van der Waals surface area (Å²) in [5.74, 6) is 0.0356. The zero-order valence-electron chi connectivity index (χ0n) is 14.9. The van der Waals surface area contributed by atoms with E-state index in [-0.39, 0.29) is 24.5 Å². The molecule has 0 unspecified atom stereocenters. The van der Waals surface area contributed by atoms with Crippen molar-refractivity contribution in [2.24, 2.45) is 0 Å². The molecule has 1 amide bonds. The third kappa shape index (κ3) is 3.25. The number of alkyl halides is 3. The second-order valence-electron chi connectivity index (χ2n) is 6.57. The van der Waals surface area contributed by atoms with E-state index >= 15 is 0 Å². The molecule has 0 bridgehead atoms. The number of carbonyl (C=O) groups excluding carboxylic acids is 1. The topological polar surface area (TPSA) is 75.4 Å². The molecule has 1 saturated heterocycles. The van der Waals surface area contributed by atoms with Crippen molar-refractivity contribution >= 4 is 23.2 Å². The minimum atomic E-state index is -4.34. The molecule has 10 heteroatoms. The largest absolute Gasteiger partial charge is 0.408 e. The van der Waals surface area contributed by atoms with Crippen LogP contribution in [0.4, 0.5) is 24.8 Å². The van der Waals surface area contributed by atoms with E-state index in [0.29, 0.717) is 23.6 Å². The third-order valence-electron chi connectivity index (χ3n) is 4.68. The van der Waals surface area contributed by atoms with Crippen LogP contribution in [0, 0.1) is 6.92 Å². The van der Waals surface area contributed by atoms with E-state index in [0.717, 1.165) is 0 Å². The van der Waals surface area contributed by atoms with Crippen LogP contribution in [0.3, 0.4) is 0 Å². The summed E-state index contributed by atoms with van der Waals surface area (Å²) in [6.45, 7) is 1.90. The van der Waals surface area contributed by atoms with E-state index in [4.69, 9.17) is 0 Å². The van der Waals surface area contributed by atoms with Gasteiger partial charge in [0.2, 0.25) is 0 Å². The highest BCUT2D eigenvalue weighted by molar-refractivity contribution is 6.03. The molecule has 0 spiro atoms. The van der Waals surface area contributed by atoms with E-state index in [1.54, 1.807) is 31.2 Å². The number of rotatable bonds is 3. The van der Waals surface area contributed by atoms with Gasteiger partial charge in [0.15, 0.2) is 11.3 Å². The zero-order valence-corrected chi connectivity index (χ0v) is 14.9. The van der Waals surface area contributed by atoms with E-state index in [9.17, 15) is 18.0 Å². The number of fused-ring (bicyclic) bond motifs is 1. The van der Waals surface area contributed by atoms with Gasteiger partial charge in [-0.2, -0.15) is 13.2 Å². The first-order valence-corrected chi connectivity index (χ1v) is 8.77. The Kier molecular flexibility index (Phi) is 4.40. The molecule has 28 heavy (non-hydrogen) atoms. The lowest BCUT2D eigenvalue weighted by Crippen LogP contribution is -2.41. The summed E-state index contributed by atoms with van der Waals surface area (Å²) in [6, 6.07) is 6.58. The van der Waals surface area contributed by atoms with Gasteiger partial charge in [-0.05, 0) is 44.0 Å². The maximum Gasteiger partial charge on any atom is 0.408 e. The summed E-state index contributed by atoms with van der Waals surface area (Å²) in [6.07, 6.45) is -2.34. The maximum absolute atomic E-state index is 13.3. The highest BCUT2D eigenvalue weighted by Gasteiger charge is 2.46. The molecule has 146 valence electrons. The Morgan fingerprint density at radius 2 is 2.07 bits per heavy atom. The first kappa shape index (κ1) is 18.2. The van der Waals surface area contributed by atoms with Crippen LogP contribution in [-0.4, -0.2) is 44.3 Å². The van der Waals surface area contributed by atoms with Crippen LogP contribution >= 0.6 is 0 Å². The van der Waals surface area contributed by atoms with Crippen molar-refractivity contribution in [3.05, 3.63) is 47.9 Å². The fourth-order valence-electron chi connectivity index (χ4n) is 3.44. The second kappa shape index (κ2) is 6.77. The summed E-state index contributed by atoms with van der Waals surface area (Å²) in [5, 5.41) is 6.96. The predicted molar refractivity (Wildman–Crippen MR) is 96.3 cm³/mol. The molecular formula is C18H17F3N6O. The third-order valence-corrected chi connectivity index (χ3v) is 4.68. The van der Waals surface area contributed by atoms with Gasteiger partial charge < -0.3 is 10.2 Å². The normalized spacial score (nSPS) is 17.3. The van der Waals surface area contributed by atoms with Crippen LogP contribution in [0.15, 0.2) is 36.5 Å². The van der Waals surface area contributed by atoms with Crippen LogP contribution in [0.25, 0.3) is 5.65 Å². The van der Waals surface area contributed by atoms with Crippen LogP contribution in [-0.2, 0) is 0 Å². The van der Waals surface area contributed by atoms with E-state index in [2.05, 4.69) is 20.4 Å². The number of aromatic nitrogens is 4. The minimum absolute atomic E-state index is 0.0270. The van der Waals surface area contributed by atoms with Gasteiger partial charge in [0.05, 0.1) is 5.69 Å². The van der Waals surface area contributed by atoms with Gasteiger partial charge in [0, 0.05) is 12.7 Å². The van der Waals surface area contributed by atoms with Gasteiger partial charge in [-0.3, -0.25) is 4.79 Å². The lowest BCUT2D eigenvalue weighted by atomic mass is 10.2. The van der Waals surface area contributed by atoms with Crippen molar-refractivity contribution in [2.45, 2.75) is 32.0 Å².